The van der Waals surface area contributed by atoms with Crippen molar-refractivity contribution in [2.45, 2.75) is 19.8 Å². The Hall–Kier alpha value is -4.37. The fraction of sp³-hybridized carbons (Fsp3) is 0.300. The molecule has 0 spiro atoms. The second kappa shape index (κ2) is 10.8. The number of hydrogen-bond acceptors (Lipinski definition) is 6. The summed E-state index contributed by atoms with van der Waals surface area (Å²) in [5.41, 5.74) is 6.91. The van der Waals surface area contributed by atoms with Gasteiger partial charge < -0.3 is 10.2 Å². The van der Waals surface area contributed by atoms with Crippen LogP contribution >= 0.6 is 0 Å². The summed E-state index contributed by atoms with van der Waals surface area (Å²) in [6.07, 6.45) is 8.67. The first kappa shape index (κ1) is 24.9. The molecule has 9 heteroatoms. The maximum atomic E-state index is 13.1. The molecule has 2 aromatic heterocycles. The fourth-order valence-corrected chi connectivity index (χ4v) is 5.38. The lowest BCUT2D eigenvalue weighted by atomic mass is 9.98. The molecule has 1 saturated heterocycles. The van der Waals surface area contributed by atoms with Gasteiger partial charge in [0.25, 0.3) is 0 Å². The normalized spacial score (nSPS) is 17.8. The fourth-order valence-electron chi connectivity index (χ4n) is 5.38. The van der Waals surface area contributed by atoms with Crippen LogP contribution in [0.15, 0.2) is 67.3 Å². The molecule has 1 fully saturated rings. The predicted molar refractivity (Wildman–Crippen MR) is 151 cm³/mol. The molecule has 39 heavy (non-hydrogen) atoms. The molecular weight excluding hydrogens is 490 g/mol. The van der Waals surface area contributed by atoms with Crippen molar-refractivity contribution >= 4 is 34.0 Å². The Labute approximate surface area is 226 Å². The third-order valence-corrected chi connectivity index (χ3v) is 7.65. The maximum absolute atomic E-state index is 13.1. The summed E-state index contributed by atoms with van der Waals surface area (Å²) in [6, 6.07) is 14.2. The molecule has 198 valence electrons. The SMILES string of the molecule is Cc1ccc(C2=CCN(C(=O)CN3CC[C@@H](C(=O)Nc4ccc5[nH]nc(-c6cncnc6)c5c4)C3)CC2)cc1. The van der Waals surface area contributed by atoms with E-state index in [-0.39, 0.29) is 17.7 Å². The number of carbonyl (C=O) groups excluding carboxylic acids is 2. The van der Waals surface area contributed by atoms with Crippen LogP contribution in [0.3, 0.4) is 0 Å². The number of carbonyl (C=O) groups is 2. The van der Waals surface area contributed by atoms with Crippen LogP contribution in [0.1, 0.15) is 24.0 Å². The molecule has 6 rings (SSSR count). The number of benzene rings is 2. The Kier molecular flexibility index (Phi) is 6.89. The van der Waals surface area contributed by atoms with Crippen molar-refractivity contribution in [2.24, 2.45) is 5.92 Å². The molecule has 2 aliphatic rings. The van der Waals surface area contributed by atoms with Gasteiger partial charge in [-0.15, -0.1) is 0 Å². The Bertz CT molecular complexity index is 1530. The summed E-state index contributed by atoms with van der Waals surface area (Å²) in [4.78, 5) is 38.2. The topological polar surface area (TPSA) is 107 Å². The van der Waals surface area contributed by atoms with E-state index in [2.05, 4.69) is 67.6 Å². The summed E-state index contributed by atoms with van der Waals surface area (Å²) < 4.78 is 0. The van der Waals surface area contributed by atoms with Gasteiger partial charge in [0.1, 0.15) is 12.0 Å². The van der Waals surface area contributed by atoms with E-state index in [4.69, 9.17) is 0 Å². The molecule has 9 nitrogen and oxygen atoms in total. The second-order valence-electron chi connectivity index (χ2n) is 10.4. The highest BCUT2D eigenvalue weighted by molar-refractivity contribution is 5.99. The molecule has 4 aromatic rings. The summed E-state index contributed by atoms with van der Waals surface area (Å²) >= 11 is 0. The first-order valence-corrected chi connectivity index (χ1v) is 13.3. The number of hydrogen-bond donors (Lipinski definition) is 2. The summed E-state index contributed by atoms with van der Waals surface area (Å²) in [5.74, 6) is -0.0617. The third kappa shape index (κ3) is 5.44. The van der Waals surface area contributed by atoms with E-state index in [1.54, 1.807) is 12.4 Å². The van der Waals surface area contributed by atoms with E-state index in [1.807, 2.05) is 23.1 Å². The van der Waals surface area contributed by atoms with Crippen LogP contribution < -0.4 is 5.32 Å². The van der Waals surface area contributed by atoms with Gasteiger partial charge >= 0.3 is 0 Å². The van der Waals surface area contributed by atoms with Crippen molar-refractivity contribution in [3.63, 3.8) is 0 Å². The Morgan fingerprint density at radius 3 is 2.64 bits per heavy atom. The van der Waals surface area contributed by atoms with Gasteiger partial charge in [0.15, 0.2) is 0 Å². The highest BCUT2D eigenvalue weighted by atomic mass is 16.2. The minimum atomic E-state index is -0.158. The molecule has 2 N–H and O–H groups in total. The van der Waals surface area contributed by atoms with Crippen LogP contribution in [0.2, 0.25) is 0 Å². The largest absolute Gasteiger partial charge is 0.338 e. The van der Waals surface area contributed by atoms with E-state index in [0.717, 1.165) is 48.1 Å². The Morgan fingerprint density at radius 2 is 1.87 bits per heavy atom. The molecule has 2 amide bonds. The standard InChI is InChI=1S/C30H31N7O2/c1-20-2-4-21(5-3-20)22-9-12-37(13-10-22)28(38)18-36-11-8-23(17-36)30(39)33-25-6-7-27-26(14-25)29(35-34-27)24-15-31-19-32-16-24/h2-7,9,14-16,19,23H,8,10-13,17-18H2,1H3,(H,33,39)(H,34,35)/t23-/m1/s1. The number of H-pyrrole nitrogens is 1. The van der Waals surface area contributed by atoms with Crippen molar-refractivity contribution in [2.75, 3.05) is 38.0 Å². The molecular formula is C30H31N7O2. The van der Waals surface area contributed by atoms with Crippen LogP contribution in [-0.4, -0.2) is 74.5 Å². The highest BCUT2D eigenvalue weighted by Gasteiger charge is 2.30. The molecule has 4 heterocycles. The summed E-state index contributed by atoms with van der Waals surface area (Å²) in [6.45, 7) is 5.11. The predicted octanol–water partition coefficient (Wildman–Crippen LogP) is 3.90. The average Bonchev–Trinajstić information content (AvgIpc) is 3.61. The number of aromatic nitrogens is 4. The third-order valence-electron chi connectivity index (χ3n) is 7.65. The lowest BCUT2D eigenvalue weighted by Gasteiger charge is -2.28. The van der Waals surface area contributed by atoms with Crippen molar-refractivity contribution < 1.29 is 9.59 Å². The zero-order valence-electron chi connectivity index (χ0n) is 21.9. The molecule has 2 aromatic carbocycles. The number of nitrogens with one attached hydrogen (secondary N) is 2. The van der Waals surface area contributed by atoms with E-state index < -0.39 is 0 Å². The number of aryl methyl sites for hydroxylation is 1. The van der Waals surface area contributed by atoms with Gasteiger partial charge in [-0.3, -0.25) is 19.6 Å². The van der Waals surface area contributed by atoms with Crippen LogP contribution in [0.5, 0.6) is 0 Å². The van der Waals surface area contributed by atoms with Crippen molar-refractivity contribution in [3.05, 3.63) is 78.4 Å². The molecule has 2 aliphatic heterocycles. The van der Waals surface area contributed by atoms with Crippen LogP contribution in [0.25, 0.3) is 27.7 Å². The maximum Gasteiger partial charge on any atom is 0.237 e. The average molecular weight is 522 g/mol. The smallest absolute Gasteiger partial charge is 0.237 e. The molecule has 1 atom stereocenters. The van der Waals surface area contributed by atoms with Gasteiger partial charge in [-0.1, -0.05) is 35.9 Å². The van der Waals surface area contributed by atoms with Crippen molar-refractivity contribution in [3.8, 4) is 11.3 Å². The van der Waals surface area contributed by atoms with Crippen LogP contribution in [-0.2, 0) is 9.59 Å². The lowest BCUT2D eigenvalue weighted by molar-refractivity contribution is -0.132. The number of nitrogens with zero attached hydrogens (tertiary/aromatic N) is 5. The second-order valence-corrected chi connectivity index (χ2v) is 10.4. The molecule has 0 radical (unpaired) electrons. The number of likely N-dealkylation sites (tertiary alicyclic amines) is 1. The Morgan fingerprint density at radius 1 is 1.05 bits per heavy atom. The number of rotatable bonds is 6. The summed E-state index contributed by atoms with van der Waals surface area (Å²) in [7, 11) is 0. The van der Waals surface area contributed by atoms with Crippen molar-refractivity contribution in [1.29, 1.82) is 0 Å². The number of amides is 2. The van der Waals surface area contributed by atoms with Gasteiger partial charge in [0, 0.05) is 48.7 Å². The lowest BCUT2D eigenvalue weighted by Crippen LogP contribution is -2.41. The van der Waals surface area contributed by atoms with Crippen molar-refractivity contribution in [1.82, 2.24) is 30.0 Å². The number of anilines is 1. The molecule has 0 unspecified atom stereocenters. The van der Waals surface area contributed by atoms with Gasteiger partial charge in [0.2, 0.25) is 11.8 Å². The first-order chi connectivity index (χ1) is 19.0. The number of aromatic amines is 1. The Balaban J connectivity index is 1.03. The first-order valence-electron chi connectivity index (χ1n) is 13.3. The summed E-state index contributed by atoms with van der Waals surface area (Å²) in [5, 5.41) is 11.4. The van der Waals surface area contributed by atoms with Crippen LogP contribution in [0, 0.1) is 12.8 Å². The molecule has 0 saturated carbocycles. The van der Waals surface area contributed by atoms with Gasteiger partial charge in [-0.05, 0) is 55.6 Å². The number of fused-ring (bicyclic) bond motifs is 1. The van der Waals surface area contributed by atoms with E-state index >= 15 is 0 Å². The van der Waals surface area contributed by atoms with Gasteiger partial charge in [0.05, 0.1) is 18.0 Å². The van der Waals surface area contributed by atoms with Crippen LogP contribution in [0.4, 0.5) is 5.69 Å². The quantitative estimate of drug-likeness (QED) is 0.399. The van der Waals surface area contributed by atoms with Gasteiger partial charge in [-0.25, -0.2) is 9.97 Å². The molecule has 0 bridgehead atoms. The minimum Gasteiger partial charge on any atom is -0.338 e. The van der Waals surface area contributed by atoms with E-state index in [1.165, 1.54) is 23.0 Å². The zero-order chi connectivity index (χ0) is 26.8. The van der Waals surface area contributed by atoms with E-state index in [9.17, 15) is 9.59 Å². The monoisotopic (exact) mass is 521 g/mol. The van der Waals surface area contributed by atoms with E-state index in [0.29, 0.717) is 25.3 Å². The molecule has 0 aliphatic carbocycles. The zero-order valence-corrected chi connectivity index (χ0v) is 21.9. The highest BCUT2D eigenvalue weighted by Crippen LogP contribution is 2.28. The van der Waals surface area contributed by atoms with Gasteiger partial charge in [-0.2, -0.15) is 5.10 Å². The minimum absolute atomic E-state index is 0.0268.